The molecule has 3 rings (SSSR count). The van der Waals surface area contributed by atoms with Gasteiger partial charge in [0.25, 0.3) is 5.91 Å². The van der Waals surface area contributed by atoms with Gasteiger partial charge in [0.1, 0.15) is 18.0 Å². The first-order chi connectivity index (χ1) is 11.2. The normalized spacial score (nSPS) is 23.5. The van der Waals surface area contributed by atoms with Crippen LogP contribution in [0.3, 0.4) is 0 Å². The molecule has 0 heterocycles. The van der Waals surface area contributed by atoms with E-state index in [-0.39, 0.29) is 18.1 Å². The SMILES string of the molecule is CN(C(=O)c1ccccc1)[C@@H]1CC[C@H](Oc2ccccc2)[C@H]1O. The van der Waals surface area contributed by atoms with E-state index in [2.05, 4.69) is 0 Å². The molecule has 23 heavy (non-hydrogen) atoms. The van der Waals surface area contributed by atoms with Crippen LogP contribution in [0, 0.1) is 0 Å². The van der Waals surface area contributed by atoms with E-state index in [1.807, 2.05) is 48.5 Å². The zero-order chi connectivity index (χ0) is 16.2. The molecule has 4 heteroatoms. The number of aliphatic hydroxyl groups excluding tert-OH is 1. The molecule has 0 spiro atoms. The summed E-state index contributed by atoms with van der Waals surface area (Å²) < 4.78 is 5.87. The van der Waals surface area contributed by atoms with E-state index in [9.17, 15) is 9.90 Å². The lowest BCUT2D eigenvalue weighted by molar-refractivity contribution is 0.0167. The Balaban J connectivity index is 1.66. The van der Waals surface area contributed by atoms with Gasteiger partial charge in [0.05, 0.1) is 6.04 Å². The Bertz CT molecular complexity index is 644. The average molecular weight is 311 g/mol. The Morgan fingerprint density at radius 2 is 1.65 bits per heavy atom. The fourth-order valence-corrected chi connectivity index (χ4v) is 3.08. The van der Waals surface area contributed by atoms with Crippen LogP contribution in [0.25, 0.3) is 0 Å². The van der Waals surface area contributed by atoms with Crippen molar-refractivity contribution in [2.75, 3.05) is 7.05 Å². The van der Waals surface area contributed by atoms with Crippen molar-refractivity contribution in [3.05, 3.63) is 66.2 Å². The standard InChI is InChI=1S/C19H21NO3/c1-20(19(22)14-8-4-2-5-9-14)16-12-13-17(18(16)21)23-15-10-6-3-7-11-15/h2-11,16-18,21H,12-13H2,1H3/t16-,17+,18+/m1/s1. The monoisotopic (exact) mass is 311 g/mol. The molecular weight excluding hydrogens is 290 g/mol. The Kier molecular flexibility index (Phi) is 4.63. The fourth-order valence-electron chi connectivity index (χ4n) is 3.08. The number of likely N-dealkylation sites (N-methyl/N-ethyl adjacent to an activating group) is 1. The van der Waals surface area contributed by atoms with Gasteiger partial charge < -0.3 is 14.7 Å². The summed E-state index contributed by atoms with van der Waals surface area (Å²) in [5.74, 6) is 0.671. The van der Waals surface area contributed by atoms with Gasteiger partial charge in [0, 0.05) is 12.6 Å². The maximum absolute atomic E-state index is 12.5. The van der Waals surface area contributed by atoms with Crippen molar-refractivity contribution in [3.8, 4) is 5.75 Å². The van der Waals surface area contributed by atoms with Crippen molar-refractivity contribution >= 4 is 5.91 Å². The number of hydrogen-bond donors (Lipinski definition) is 1. The number of carbonyl (C=O) groups is 1. The highest BCUT2D eigenvalue weighted by molar-refractivity contribution is 5.94. The number of benzene rings is 2. The van der Waals surface area contributed by atoms with Gasteiger partial charge in [-0.3, -0.25) is 4.79 Å². The third kappa shape index (κ3) is 3.37. The highest BCUT2D eigenvalue weighted by atomic mass is 16.5. The predicted molar refractivity (Wildman–Crippen MR) is 88.4 cm³/mol. The zero-order valence-electron chi connectivity index (χ0n) is 13.1. The Labute approximate surface area is 136 Å². The minimum absolute atomic E-state index is 0.0741. The molecule has 2 aromatic carbocycles. The van der Waals surface area contributed by atoms with E-state index in [0.29, 0.717) is 5.56 Å². The molecular formula is C19H21NO3. The van der Waals surface area contributed by atoms with E-state index in [1.165, 1.54) is 0 Å². The Morgan fingerprint density at radius 3 is 2.30 bits per heavy atom. The summed E-state index contributed by atoms with van der Waals surface area (Å²) in [6.45, 7) is 0. The number of nitrogens with zero attached hydrogens (tertiary/aromatic N) is 1. The zero-order valence-corrected chi connectivity index (χ0v) is 13.1. The van der Waals surface area contributed by atoms with Gasteiger partial charge in [0.2, 0.25) is 0 Å². The largest absolute Gasteiger partial charge is 0.488 e. The summed E-state index contributed by atoms with van der Waals surface area (Å²) in [4.78, 5) is 14.1. The van der Waals surface area contributed by atoms with Gasteiger partial charge in [-0.2, -0.15) is 0 Å². The van der Waals surface area contributed by atoms with Gasteiger partial charge in [-0.1, -0.05) is 36.4 Å². The molecule has 4 nitrogen and oxygen atoms in total. The average Bonchev–Trinajstić information content (AvgIpc) is 2.96. The minimum Gasteiger partial charge on any atom is -0.488 e. The topological polar surface area (TPSA) is 49.8 Å². The van der Waals surface area contributed by atoms with Crippen molar-refractivity contribution in [2.45, 2.75) is 31.1 Å². The van der Waals surface area contributed by atoms with Crippen LogP contribution in [0.5, 0.6) is 5.75 Å². The first kappa shape index (κ1) is 15.6. The van der Waals surface area contributed by atoms with Crippen molar-refractivity contribution < 1.29 is 14.6 Å². The maximum atomic E-state index is 12.5. The predicted octanol–water partition coefficient (Wildman–Crippen LogP) is 2.73. The molecule has 0 aromatic heterocycles. The van der Waals surface area contributed by atoms with Gasteiger partial charge in [0.15, 0.2) is 0 Å². The highest BCUT2D eigenvalue weighted by Crippen LogP contribution is 2.28. The molecule has 0 saturated heterocycles. The van der Waals surface area contributed by atoms with Gasteiger partial charge in [-0.05, 0) is 37.1 Å². The molecule has 1 fully saturated rings. The third-order valence-electron chi connectivity index (χ3n) is 4.39. The van der Waals surface area contributed by atoms with Crippen molar-refractivity contribution in [1.82, 2.24) is 4.90 Å². The molecule has 1 saturated carbocycles. The summed E-state index contributed by atoms with van der Waals surface area (Å²) in [6, 6.07) is 18.4. The van der Waals surface area contributed by atoms with Crippen LogP contribution in [-0.4, -0.2) is 41.2 Å². The highest BCUT2D eigenvalue weighted by Gasteiger charge is 2.40. The second-order valence-corrected chi connectivity index (χ2v) is 5.89. The molecule has 1 aliphatic carbocycles. The number of ether oxygens (including phenoxy) is 1. The fraction of sp³-hybridized carbons (Fsp3) is 0.316. The van der Waals surface area contributed by atoms with E-state index >= 15 is 0 Å². The van der Waals surface area contributed by atoms with Crippen LogP contribution in [0.4, 0.5) is 0 Å². The minimum atomic E-state index is -0.687. The van der Waals surface area contributed by atoms with Gasteiger partial charge in [-0.15, -0.1) is 0 Å². The van der Waals surface area contributed by atoms with Gasteiger partial charge >= 0.3 is 0 Å². The number of carbonyl (C=O) groups excluding carboxylic acids is 1. The lowest BCUT2D eigenvalue weighted by Gasteiger charge is -2.29. The van der Waals surface area contributed by atoms with Crippen LogP contribution in [-0.2, 0) is 0 Å². The van der Waals surface area contributed by atoms with Crippen LogP contribution in [0.2, 0.25) is 0 Å². The molecule has 0 unspecified atom stereocenters. The number of amides is 1. The van der Waals surface area contributed by atoms with Crippen molar-refractivity contribution in [2.24, 2.45) is 0 Å². The second-order valence-electron chi connectivity index (χ2n) is 5.89. The number of aliphatic hydroxyl groups is 1. The quantitative estimate of drug-likeness (QED) is 0.944. The molecule has 1 aliphatic rings. The lowest BCUT2D eigenvalue weighted by Crippen LogP contribution is -2.45. The van der Waals surface area contributed by atoms with Gasteiger partial charge in [-0.25, -0.2) is 0 Å². The molecule has 0 radical (unpaired) electrons. The lowest BCUT2D eigenvalue weighted by atomic mass is 10.1. The first-order valence-electron chi connectivity index (χ1n) is 7.89. The molecule has 1 amide bonds. The van der Waals surface area contributed by atoms with Crippen LogP contribution >= 0.6 is 0 Å². The first-order valence-corrected chi connectivity index (χ1v) is 7.89. The van der Waals surface area contributed by atoms with Crippen LogP contribution in [0.15, 0.2) is 60.7 Å². The Morgan fingerprint density at radius 1 is 1.04 bits per heavy atom. The molecule has 1 N–H and O–H groups in total. The molecule has 0 bridgehead atoms. The van der Waals surface area contributed by atoms with Crippen molar-refractivity contribution in [3.63, 3.8) is 0 Å². The molecule has 0 aliphatic heterocycles. The van der Waals surface area contributed by atoms with Crippen LogP contribution < -0.4 is 4.74 Å². The third-order valence-corrected chi connectivity index (χ3v) is 4.39. The maximum Gasteiger partial charge on any atom is 0.253 e. The molecule has 120 valence electrons. The number of rotatable bonds is 4. The van der Waals surface area contributed by atoms with E-state index in [0.717, 1.165) is 18.6 Å². The summed E-state index contributed by atoms with van der Waals surface area (Å²) in [5.41, 5.74) is 0.634. The summed E-state index contributed by atoms with van der Waals surface area (Å²) >= 11 is 0. The number of hydrogen-bond acceptors (Lipinski definition) is 3. The smallest absolute Gasteiger partial charge is 0.253 e. The summed E-state index contributed by atoms with van der Waals surface area (Å²) in [5, 5.41) is 10.6. The van der Waals surface area contributed by atoms with Crippen molar-refractivity contribution in [1.29, 1.82) is 0 Å². The summed E-state index contributed by atoms with van der Waals surface area (Å²) in [7, 11) is 1.74. The van der Waals surface area contributed by atoms with E-state index in [1.54, 1.807) is 24.1 Å². The molecule has 3 atom stereocenters. The molecule has 2 aromatic rings. The Hall–Kier alpha value is -2.33. The number of para-hydroxylation sites is 1. The van der Waals surface area contributed by atoms with E-state index in [4.69, 9.17) is 4.74 Å². The summed E-state index contributed by atoms with van der Waals surface area (Å²) in [6.07, 6.45) is 0.488. The van der Waals surface area contributed by atoms with E-state index < -0.39 is 6.10 Å². The second kappa shape index (κ2) is 6.84. The van der Waals surface area contributed by atoms with Crippen LogP contribution in [0.1, 0.15) is 23.2 Å².